The summed E-state index contributed by atoms with van der Waals surface area (Å²) in [6, 6.07) is 8.09. The lowest BCUT2D eigenvalue weighted by Crippen LogP contribution is -2.29. The second-order valence-corrected chi connectivity index (χ2v) is 5.69. The van der Waals surface area contributed by atoms with Crippen LogP contribution in [0, 0.1) is 0 Å². The van der Waals surface area contributed by atoms with Crippen LogP contribution in [0.5, 0.6) is 11.5 Å². The van der Waals surface area contributed by atoms with Gasteiger partial charge in [-0.05, 0) is 29.9 Å². The number of thiophene rings is 1. The van der Waals surface area contributed by atoms with Gasteiger partial charge in [-0.3, -0.25) is 5.84 Å². The summed E-state index contributed by atoms with van der Waals surface area (Å²) in [5, 5.41) is 2.01. The average molecular weight is 290 g/mol. The standard InChI is InChI=1S/C15H18N2O2S/c1-18-12-7-9-20-15(12)13(17-16)11-6-2-4-10-5-3-8-19-14(10)11/h2,4,6-7,9,13,17H,3,5,8,16H2,1H3. The van der Waals surface area contributed by atoms with E-state index in [2.05, 4.69) is 23.6 Å². The fourth-order valence-electron chi connectivity index (χ4n) is 2.64. The molecule has 1 aromatic heterocycles. The van der Waals surface area contributed by atoms with Gasteiger partial charge in [0.25, 0.3) is 0 Å². The Balaban J connectivity index is 2.06. The molecule has 1 aliphatic heterocycles. The maximum atomic E-state index is 5.88. The van der Waals surface area contributed by atoms with E-state index in [-0.39, 0.29) is 6.04 Å². The predicted molar refractivity (Wildman–Crippen MR) is 80.3 cm³/mol. The first-order valence-corrected chi connectivity index (χ1v) is 7.55. The lowest BCUT2D eigenvalue weighted by molar-refractivity contribution is 0.283. The van der Waals surface area contributed by atoms with Crippen LogP contribution in [0.4, 0.5) is 0 Å². The highest BCUT2D eigenvalue weighted by Gasteiger charge is 2.24. The van der Waals surface area contributed by atoms with Crippen LogP contribution in [0.1, 0.15) is 28.5 Å². The van der Waals surface area contributed by atoms with Crippen molar-refractivity contribution in [3.63, 3.8) is 0 Å². The fourth-order valence-corrected chi connectivity index (χ4v) is 3.57. The SMILES string of the molecule is COc1ccsc1C(NN)c1cccc2c1OCCC2. The number of hydrogen-bond donors (Lipinski definition) is 2. The third-order valence-electron chi connectivity index (χ3n) is 3.58. The van der Waals surface area contributed by atoms with Gasteiger partial charge in [-0.15, -0.1) is 11.3 Å². The van der Waals surface area contributed by atoms with E-state index in [1.165, 1.54) is 5.56 Å². The van der Waals surface area contributed by atoms with Crippen LogP contribution in [-0.4, -0.2) is 13.7 Å². The molecule has 0 spiro atoms. The predicted octanol–water partition coefficient (Wildman–Crippen LogP) is 2.63. The maximum Gasteiger partial charge on any atom is 0.134 e. The molecule has 1 atom stereocenters. The Labute approximate surface area is 122 Å². The molecule has 0 aliphatic carbocycles. The van der Waals surface area contributed by atoms with E-state index in [1.54, 1.807) is 18.4 Å². The van der Waals surface area contributed by atoms with Crippen LogP contribution in [0.2, 0.25) is 0 Å². The van der Waals surface area contributed by atoms with E-state index in [0.29, 0.717) is 0 Å². The number of para-hydroxylation sites is 1. The number of nitrogens with one attached hydrogen (secondary N) is 1. The minimum atomic E-state index is -0.113. The Kier molecular flexibility index (Phi) is 3.91. The maximum absolute atomic E-state index is 5.88. The number of benzene rings is 1. The monoisotopic (exact) mass is 290 g/mol. The molecule has 0 amide bonds. The molecule has 1 unspecified atom stereocenters. The number of methoxy groups -OCH3 is 1. The Morgan fingerprint density at radius 2 is 2.30 bits per heavy atom. The van der Waals surface area contributed by atoms with Crippen molar-refractivity contribution >= 4 is 11.3 Å². The minimum Gasteiger partial charge on any atom is -0.496 e. The summed E-state index contributed by atoms with van der Waals surface area (Å²) >= 11 is 1.63. The van der Waals surface area contributed by atoms with Gasteiger partial charge in [0.05, 0.1) is 24.6 Å². The molecule has 4 nitrogen and oxygen atoms in total. The molecule has 0 radical (unpaired) electrons. The summed E-state index contributed by atoms with van der Waals surface area (Å²) in [5.41, 5.74) is 5.22. The summed E-state index contributed by atoms with van der Waals surface area (Å²) in [6.45, 7) is 0.767. The number of hydrogen-bond acceptors (Lipinski definition) is 5. The first-order chi connectivity index (χ1) is 9.85. The molecule has 0 saturated heterocycles. The molecule has 1 aliphatic rings. The van der Waals surface area contributed by atoms with Gasteiger partial charge in [0, 0.05) is 5.56 Å². The average Bonchev–Trinajstić information content (AvgIpc) is 2.97. The molecule has 1 aromatic carbocycles. The highest BCUT2D eigenvalue weighted by atomic mass is 32.1. The van der Waals surface area contributed by atoms with Crippen molar-refractivity contribution in [1.82, 2.24) is 5.43 Å². The van der Waals surface area contributed by atoms with Crippen molar-refractivity contribution in [3.8, 4) is 11.5 Å². The second-order valence-electron chi connectivity index (χ2n) is 4.74. The number of fused-ring (bicyclic) bond motifs is 1. The summed E-state index contributed by atoms with van der Waals surface area (Å²) in [7, 11) is 1.68. The van der Waals surface area contributed by atoms with Crippen molar-refractivity contribution < 1.29 is 9.47 Å². The van der Waals surface area contributed by atoms with Crippen molar-refractivity contribution in [3.05, 3.63) is 45.6 Å². The first kappa shape index (κ1) is 13.4. The van der Waals surface area contributed by atoms with Crippen molar-refractivity contribution in [2.75, 3.05) is 13.7 Å². The fraction of sp³-hybridized carbons (Fsp3) is 0.333. The van der Waals surface area contributed by atoms with Crippen LogP contribution >= 0.6 is 11.3 Å². The van der Waals surface area contributed by atoms with Gasteiger partial charge in [-0.25, -0.2) is 5.43 Å². The number of ether oxygens (including phenoxy) is 2. The molecule has 20 heavy (non-hydrogen) atoms. The largest absolute Gasteiger partial charge is 0.496 e. The van der Waals surface area contributed by atoms with Crippen LogP contribution in [0.25, 0.3) is 0 Å². The Hall–Kier alpha value is -1.56. The topological polar surface area (TPSA) is 56.5 Å². The van der Waals surface area contributed by atoms with Crippen LogP contribution in [0.3, 0.4) is 0 Å². The lowest BCUT2D eigenvalue weighted by atomic mass is 9.97. The smallest absolute Gasteiger partial charge is 0.134 e. The van der Waals surface area contributed by atoms with Gasteiger partial charge in [0.15, 0.2) is 0 Å². The van der Waals surface area contributed by atoms with Gasteiger partial charge in [-0.2, -0.15) is 0 Å². The third kappa shape index (κ3) is 2.28. The summed E-state index contributed by atoms with van der Waals surface area (Å²) in [4.78, 5) is 1.07. The third-order valence-corrected chi connectivity index (χ3v) is 4.54. The van der Waals surface area contributed by atoms with Gasteiger partial charge in [-0.1, -0.05) is 18.2 Å². The number of nitrogens with two attached hydrogens (primary N) is 1. The van der Waals surface area contributed by atoms with E-state index in [9.17, 15) is 0 Å². The molecular weight excluding hydrogens is 272 g/mol. The van der Waals surface area contributed by atoms with Gasteiger partial charge in [0.1, 0.15) is 11.5 Å². The minimum absolute atomic E-state index is 0.113. The van der Waals surface area contributed by atoms with Crippen LogP contribution in [0.15, 0.2) is 29.6 Å². The van der Waals surface area contributed by atoms with Gasteiger partial charge >= 0.3 is 0 Å². The molecule has 0 bridgehead atoms. The molecular formula is C15H18N2O2S. The Morgan fingerprint density at radius 1 is 1.40 bits per heavy atom. The first-order valence-electron chi connectivity index (χ1n) is 6.67. The van der Waals surface area contributed by atoms with E-state index >= 15 is 0 Å². The normalized spacial score (nSPS) is 15.3. The summed E-state index contributed by atoms with van der Waals surface area (Å²) in [5.74, 6) is 7.62. The molecule has 3 rings (SSSR count). The Morgan fingerprint density at radius 3 is 3.10 bits per heavy atom. The number of aryl methyl sites for hydroxylation is 1. The molecule has 2 aromatic rings. The zero-order valence-corrected chi connectivity index (χ0v) is 12.2. The lowest BCUT2D eigenvalue weighted by Gasteiger charge is -2.24. The molecule has 5 heteroatoms. The van der Waals surface area contributed by atoms with Gasteiger partial charge < -0.3 is 9.47 Å². The Bertz CT molecular complexity index is 597. The van der Waals surface area contributed by atoms with E-state index in [4.69, 9.17) is 15.3 Å². The van der Waals surface area contributed by atoms with E-state index < -0.39 is 0 Å². The molecule has 106 valence electrons. The zero-order valence-electron chi connectivity index (χ0n) is 11.4. The number of hydrazine groups is 1. The van der Waals surface area contributed by atoms with Crippen LogP contribution < -0.4 is 20.7 Å². The highest BCUT2D eigenvalue weighted by molar-refractivity contribution is 7.10. The molecule has 2 heterocycles. The highest BCUT2D eigenvalue weighted by Crippen LogP contribution is 2.40. The van der Waals surface area contributed by atoms with E-state index in [1.807, 2.05) is 11.4 Å². The van der Waals surface area contributed by atoms with Gasteiger partial charge in [0.2, 0.25) is 0 Å². The summed E-state index contributed by atoms with van der Waals surface area (Å²) in [6.07, 6.45) is 2.13. The molecule has 0 saturated carbocycles. The molecule has 0 fully saturated rings. The van der Waals surface area contributed by atoms with E-state index in [0.717, 1.165) is 41.4 Å². The zero-order chi connectivity index (χ0) is 13.9. The summed E-state index contributed by atoms with van der Waals surface area (Å²) < 4.78 is 11.3. The van der Waals surface area contributed by atoms with Crippen LogP contribution in [-0.2, 0) is 6.42 Å². The quantitative estimate of drug-likeness (QED) is 0.671. The molecule has 3 N–H and O–H groups in total. The van der Waals surface area contributed by atoms with Crippen molar-refractivity contribution in [1.29, 1.82) is 0 Å². The van der Waals surface area contributed by atoms with Crippen molar-refractivity contribution in [2.24, 2.45) is 5.84 Å². The number of rotatable bonds is 4. The second kappa shape index (κ2) is 5.83. The van der Waals surface area contributed by atoms with Crippen molar-refractivity contribution in [2.45, 2.75) is 18.9 Å².